The average molecular weight is 569 g/mol. The number of phenols is 1. The molecule has 0 aliphatic heterocycles. The second-order valence-electron chi connectivity index (χ2n) is 9.04. The van der Waals surface area contributed by atoms with E-state index < -0.39 is 5.97 Å². The minimum absolute atomic E-state index is 0. The molecule has 0 aliphatic carbocycles. The molecule has 4 rings (SSSR count). The molecule has 0 spiro atoms. The summed E-state index contributed by atoms with van der Waals surface area (Å²) in [5.41, 5.74) is 3.41. The predicted octanol–water partition coefficient (Wildman–Crippen LogP) is 4.02. The number of rotatable bonds is 11. The molecule has 0 atom stereocenters. The first-order valence-corrected chi connectivity index (χ1v) is 13.3. The number of carbonyl (C=O) groups is 1. The third-order valence-electron chi connectivity index (χ3n) is 6.13. The summed E-state index contributed by atoms with van der Waals surface area (Å²) in [7, 11) is 0. The van der Waals surface area contributed by atoms with Crippen LogP contribution in [0.4, 0.5) is 4.39 Å². The van der Waals surface area contributed by atoms with E-state index in [9.17, 15) is 19.4 Å². The predicted molar refractivity (Wildman–Crippen MR) is 152 cm³/mol. The quantitative estimate of drug-likeness (QED) is 0.210. The Balaban J connectivity index is 0.000000501. The van der Waals surface area contributed by atoms with Gasteiger partial charge in [0.05, 0.1) is 18.8 Å². The van der Waals surface area contributed by atoms with Gasteiger partial charge in [0.1, 0.15) is 23.1 Å². The van der Waals surface area contributed by atoms with Crippen LogP contribution in [0.2, 0.25) is 0 Å². The van der Waals surface area contributed by atoms with Crippen LogP contribution in [0.3, 0.4) is 0 Å². The molecule has 0 heterocycles. The second kappa shape index (κ2) is 17.3. The summed E-state index contributed by atoms with van der Waals surface area (Å²) in [4.78, 5) is 10.2. The minimum atomic E-state index is -0.879. The summed E-state index contributed by atoms with van der Waals surface area (Å²) < 4.78 is 24.9. The smallest absolute Gasteiger partial charge is 0.872 e. The third kappa shape index (κ3) is 10.1. The maximum atomic E-state index is 13.2. The summed E-state index contributed by atoms with van der Waals surface area (Å²) in [6, 6.07) is 22.9. The first-order valence-electron chi connectivity index (χ1n) is 13.3. The van der Waals surface area contributed by atoms with Gasteiger partial charge in [-0.05, 0) is 65.9 Å². The van der Waals surface area contributed by atoms with E-state index in [-0.39, 0.29) is 46.9 Å². The molecule has 0 radical (unpaired) electrons. The van der Waals surface area contributed by atoms with Crippen molar-refractivity contribution in [2.24, 2.45) is 0 Å². The normalized spacial score (nSPS) is 10.1. The number of carboxylic acid groups (broad SMARTS) is 1. The van der Waals surface area contributed by atoms with Crippen LogP contribution in [0, 0.1) is 5.82 Å². The van der Waals surface area contributed by atoms with E-state index in [1.54, 1.807) is 60.7 Å². The molecule has 4 aromatic carbocycles. The van der Waals surface area contributed by atoms with E-state index in [0.29, 0.717) is 48.7 Å². The van der Waals surface area contributed by atoms with Crippen LogP contribution in [-0.4, -0.2) is 29.4 Å². The number of hydrogen-bond acceptors (Lipinski definition) is 5. The summed E-state index contributed by atoms with van der Waals surface area (Å²) in [6.45, 7) is 4.90. The van der Waals surface area contributed by atoms with Crippen LogP contribution in [0.5, 0.6) is 23.0 Å². The number of benzene rings is 4. The SMILES string of the molecule is CCCc1c([O-])cccc1OCCCOc1cc(O)c(-c2ccc(F)cc2)cc1CC.O=C(O)c1ccccc1.[Na+]. The summed E-state index contributed by atoms with van der Waals surface area (Å²) in [5.74, 6) is 0.177. The van der Waals surface area contributed by atoms with E-state index in [0.717, 1.165) is 29.5 Å². The molecular weight excluding hydrogens is 534 g/mol. The fraction of sp³-hybridized carbons (Fsp3) is 0.242. The van der Waals surface area contributed by atoms with Gasteiger partial charge in [-0.25, -0.2) is 9.18 Å². The van der Waals surface area contributed by atoms with Gasteiger partial charge in [-0.2, -0.15) is 0 Å². The van der Waals surface area contributed by atoms with E-state index in [2.05, 4.69) is 0 Å². The fourth-order valence-corrected chi connectivity index (χ4v) is 4.07. The molecule has 210 valence electrons. The zero-order valence-corrected chi connectivity index (χ0v) is 25.7. The molecule has 0 aliphatic rings. The number of aromatic carboxylic acids is 1. The molecule has 6 nitrogen and oxygen atoms in total. The van der Waals surface area contributed by atoms with Crippen LogP contribution in [0.1, 0.15) is 48.2 Å². The van der Waals surface area contributed by atoms with E-state index in [1.165, 1.54) is 12.1 Å². The molecule has 41 heavy (non-hydrogen) atoms. The van der Waals surface area contributed by atoms with Crippen LogP contribution in [-0.2, 0) is 12.8 Å². The van der Waals surface area contributed by atoms with Gasteiger partial charge >= 0.3 is 35.5 Å². The van der Waals surface area contributed by atoms with Crippen molar-refractivity contribution in [1.29, 1.82) is 0 Å². The standard InChI is InChI=1S/C26H29FO4.C7H6O2.Na/c1-3-7-21-23(28)8-5-9-25(21)30-14-6-15-31-26-17-24(29)22(16-18(26)4-2)19-10-12-20(27)13-11-19;8-7(9)6-4-2-1-3-5-6;/h5,8-13,16-17,28-29H,3-4,6-7,14-15H2,1-2H3;1-5H,(H,8,9);/q;;+1/p-1. The molecule has 8 heteroatoms. The van der Waals surface area contributed by atoms with Crippen molar-refractivity contribution in [2.45, 2.75) is 39.5 Å². The maximum Gasteiger partial charge on any atom is 1.00 e. The molecule has 0 saturated heterocycles. The van der Waals surface area contributed by atoms with Gasteiger partial charge in [0.25, 0.3) is 0 Å². The van der Waals surface area contributed by atoms with Crippen LogP contribution >= 0.6 is 0 Å². The summed E-state index contributed by atoms with van der Waals surface area (Å²) >= 11 is 0. The fourth-order valence-electron chi connectivity index (χ4n) is 4.07. The monoisotopic (exact) mass is 568 g/mol. The second-order valence-corrected chi connectivity index (χ2v) is 9.04. The van der Waals surface area contributed by atoms with Gasteiger partial charge in [-0.1, -0.05) is 62.7 Å². The van der Waals surface area contributed by atoms with E-state index >= 15 is 0 Å². The van der Waals surface area contributed by atoms with Gasteiger partial charge in [-0.3, -0.25) is 0 Å². The van der Waals surface area contributed by atoms with Crippen molar-refractivity contribution in [3.05, 3.63) is 107 Å². The van der Waals surface area contributed by atoms with E-state index in [4.69, 9.17) is 14.6 Å². The number of aryl methyl sites for hydroxylation is 1. The summed E-state index contributed by atoms with van der Waals surface area (Å²) in [5, 5.41) is 30.9. The van der Waals surface area contributed by atoms with Crippen molar-refractivity contribution < 1.29 is 63.5 Å². The molecule has 0 amide bonds. The molecular formula is C33H34FNaO6. The topological polar surface area (TPSA) is 99.0 Å². The Bertz CT molecular complexity index is 1380. The first-order chi connectivity index (χ1) is 19.3. The molecule has 0 bridgehead atoms. The number of hydrogen-bond donors (Lipinski definition) is 2. The Morgan fingerprint density at radius 2 is 1.54 bits per heavy atom. The van der Waals surface area contributed by atoms with Crippen molar-refractivity contribution in [3.63, 3.8) is 0 Å². The molecule has 0 unspecified atom stereocenters. The number of phenolic OH excluding ortho intramolecular Hbond substituents is 1. The third-order valence-corrected chi connectivity index (χ3v) is 6.13. The van der Waals surface area contributed by atoms with Crippen molar-refractivity contribution in [3.8, 4) is 34.1 Å². The van der Waals surface area contributed by atoms with Crippen molar-refractivity contribution >= 4 is 5.97 Å². The Hall–Kier alpha value is -3.52. The largest absolute Gasteiger partial charge is 1.00 e. The molecule has 0 fully saturated rings. The van der Waals surface area contributed by atoms with Gasteiger partial charge in [0, 0.05) is 18.1 Å². The van der Waals surface area contributed by atoms with Gasteiger partial charge in [0.2, 0.25) is 0 Å². The molecule has 2 N–H and O–H groups in total. The number of ether oxygens (including phenoxy) is 2. The molecule has 0 aromatic heterocycles. The minimum Gasteiger partial charge on any atom is -0.872 e. The summed E-state index contributed by atoms with van der Waals surface area (Å²) in [6.07, 6.45) is 2.95. The first kappa shape index (κ1) is 33.7. The number of aromatic hydroxyl groups is 1. The Kier molecular flexibility index (Phi) is 14.2. The zero-order valence-electron chi connectivity index (χ0n) is 23.7. The Labute approximate surface area is 262 Å². The Morgan fingerprint density at radius 1 is 0.878 bits per heavy atom. The Morgan fingerprint density at radius 3 is 2.12 bits per heavy atom. The van der Waals surface area contributed by atoms with Crippen LogP contribution in [0.25, 0.3) is 11.1 Å². The average Bonchev–Trinajstić information content (AvgIpc) is 2.96. The van der Waals surface area contributed by atoms with Gasteiger partial charge < -0.3 is 24.8 Å². The van der Waals surface area contributed by atoms with E-state index in [1.807, 2.05) is 26.0 Å². The molecule has 0 saturated carbocycles. The number of halogens is 1. The van der Waals surface area contributed by atoms with Crippen LogP contribution < -0.4 is 44.1 Å². The van der Waals surface area contributed by atoms with Gasteiger partial charge in [-0.15, -0.1) is 5.75 Å². The van der Waals surface area contributed by atoms with Gasteiger partial charge in [0.15, 0.2) is 0 Å². The van der Waals surface area contributed by atoms with Crippen LogP contribution in [0.15, 0.2) is 84.9 Å². The zero-order chi connectivity index (χ0) is 28.9. The number of carboxylic acids is 1. The molecule has 4 aromatic rings. The van der Waals surface area contributed by atoms with Crippen molar-refractivity contribution in [2.75, 3.05) is 13.2 Å². The maximum absolute atomic E-state index is 13.2. The van der Waals surface area contributed by atoms with Crippen molar-refractivity contribution in [1.82, 2.24) is 0 Å².